The van der Waals surface area contributed by atoms with Crippen LogP contribution in [-0.2, 0) is 4.79 Å². The van der Waals surface area contributed by atoms with Gasteiger partial charge in [0.15, 0.2) is 0 Å². The molecule has 1 aromatic carbocycles. The standard InChI is InChI=1S/C14H12O4/c1-9(2)7-14(16)17-11-5-3-10-4-6-13(15)18-12(10)8-11/h3-8H,1-2H3. The monoisotopic (exact) mass is 244 g/mol. The normalized spacial score (nSPS) is 10.1. The molecular formula is C14H12O4. The summed E-state index contributed by atoms with van der Waals surface area (Å²) in [4.78, 5) is 22.5. The predicted octanol–water partition coefficient (Wildman–Crippen LogP) is 2.66. The predicted molar refractivity (Wildman–Crippen MR) is 67.6 cm³/mol. The highest BCUT2D eigenvalue weighted by Crippen LogP contribution is 2.19. The second-order valence-electron chi connectivity index (χ2n) is 4.10. The molecule has 0 aliphatic heterocycles. The van der Waals surface area contributed by atoms with Crippen molar-refractivity contribution < 1.29 is 13.9 Å². The smallest absolute Gasteiger partial charge is 0.336 e. The summed E-state index contributed by atoms with van der Waals surface area (Å²) in [6.45, 7) is 3.61. The average Bonchev–Trinajstić information content (AvgIpc) is 2.27. The van der Waals surface area contributed by atoms with Crippen LogP contribution in [0.4, 0.5) is 0 Å². The maximum Gasteiger partial charge on any atom is 0.336 e. The molecule has 0 N–H and O–H groups in total. The molecule has 92 valence electrons. The van der Waals surface area contributed by atoms with Gasteiger partial charge in [-0.25, -0.2) is 9.59 Å². The molecule has 0 atom stereocenters. The van der Waals surface area contributed by atoms with Crippen LogP contribution < -0.4 is 10.4 Å². The lowest BCUT2D eigenvalue weighted by Gasteiger charge is -2.02. The Morgan fingerprint density at radius 3 is 2.67 bits per heavy atom. The maximum atomic E-state index is 11.4. The van der Waals surface area contributed by atoms with E-state index >= 15 is 0 Å². The molecule has 18 heavy (non-hydrogen) atoms. The van der Waals surface area contributed by atoms with Crippen molar-refractivity contribution in [2.75, 3.05) is 0 Å². The number of ether oxygens (including phenoxy) is 1. The lowest BCUT2D eigenvalue weighted by molar-refractivity contribution is -0.129. The van der Waals surface area contributed by atoms with E-state index in [0.29, 0.717) is 11.3 Å². The Hall–Kier alpha value is -2.36. The fourth-order valence-corrected chi connectivity index (χ4v) is 1.49. The van der Waals surface area contributed by atoms with E-state index < -0.39 is 11.6 Å². The van der Waals surface area contributed by atoms with Crippen LogP contribution >= 0.6 is 0 Å². The van der Waals surface area contributed by atoms with Crippen molar-refractivity contribution in [3.8, 4) is 5.75 Å². The number of rotatable bonds is 2. The molecule has 0 amide bonds. The van der Waals surface area contributed by atoms with Crippen molar-refractivity contribution in [3.63, 3.8) is 0 Å². The second-order valence-corrected chi connectivity index (χ2v) is 4.10. The molecule has 0 aliphatic carbocycles. The maximum absolute atomic E-state index is 11.4. The Bertz CT molecular complexity index is 675. The summed E-state index contributed by atoms with van der Waals surface area (Å²) < 4.78 is 10.1. The largest absolute Gasteiger partial charge is 0.423 e. The highest BCUT2D eigenvalue weighted by molar-refractivity contribution is 5.86. The van der Waals surface area contributed by atoms with E-state index in [9.17, 15) is 9.59 Å². The SMILES string of the molecule is CC(C)=CC(=O)Oc1ccc2ccc(=O)oc2c1. The van der Waals surface area contributed by atoms with Gasteiger partial charge in [0.1, 0.15) is 11.3 Å². The summed E-state index contributed by atoms with van der Waals surface area (Å²) in [5.41, 5.74) is 0.813. The van der Waals surface area contributed by atoms with Gasteiger partial charge in [-0.15, -0.1) is 0 Å². The first kappa shape index (κ1) is 12.1. The molecule has 0 bridgehead atoms. The van der Waals surface area contributed by atoms with Crippen LogP contribution in [0.3, 0.4) is 0 Å². The van der Waals surface area contributed by atoms with Gasteiger partial charge >= 0.3 is 11.6 Å². The Balaban J connectivity index is 2.33. The molecular weight excluding hydrogens is 232 g/mol. The zero-order valence-corrected chi connectivity index (χ0v) is 10.1. The van der Waals surface area contributed by atoms with Crippen LogP contribution in [0.1, 0.15) is 13.8 Å². The minimum atomic E-state index is -0.451. The Morgan fingerprint density at radius 1 is 1.22 bits per heavy atom. The van der Waals surface area contributed by atoms with E-state index in [-0.39, 0.29) is 0 Å². The summed E-state index contributed by atoms with van der Waals surface area (Å²) in [5.74, 6) is -0.105. The summed E-state index contributed by atoms with van der Waals surface area (Å²) in [6, 6.07) is 7.90. The third-order valence-corrected chi connectivity index (χ3v) is 2.22. The molecule has 0 saturated carbocycles. The van der Waals surface area contributed by atoms with Gasteiger partial charge in [-0.3, -0.25) is 0 Å². The van der Waals surface area contributed by atoms with Crippen molar-refractivity contribution >= 4 is 16.9 Å². The van der Waals surface area contributed by atoms with Gasteiger partial charge in [-0.05, 0) is 32.0 Å². The fraction of sp³-hybridized carbons (Fsp3) is 0.143. The number of hydrogen-bond donors (Lipinski definition) is 0. The first-order chi connectivity index (χ1) is 8.54. The highest BCUT2D eigenvalue weighted by atomic mass is 16.5. The van der Waals surface area contributed by atoms with Crippen molar-refractivity contribution in [3.05, 3.63) is 52.4 Å². The van der Waals surface area contributed by atoms with E-state index in [1.54, 1.807) is 32.0 Å². The lowest BCUT2D eigenvalue weighted by atomic mass is 10.2. The van der Waals surface area contributed by atoms with Gasteiger partial charge in [-0.1, -0.05) is 5.57 Å². The quantitative estimate of drug-likeness (QED) is 0.352. The number of benzene rings is 1. The molecule has 4 nitrogen and oxygen atoms in total. The van der Waals surface area contributed by atoms with Gasteiger partial charge in [0.05, 0.1) is 0 Å². The van der Waals surface area contributed by atoms with Gasteiger partial charge in [0.2, 0.25) is 0 Å². The molecule has 2 aromatic rings. The van der Waals surface area contributed by atoms with E-state index in [4.69, 9.17) is 9.15 Å². The van der Waals surface area contributed by atoms with E-state index in [1.165, 1.54) is 18.2 Å². The van der Waals surface area contributed by atoms with Crippen molar-refractivity contribution in [2.24, 2.45) is 0 Å². The van der Waals surface area contributed by atoms with E-state index in [2.05, 4.69) is 0 Å². The number of carbonyl (C=O) groups excluding carboxylic acids is 1. The fourth-order valence-electron chi connectivity index (χ4n) is 1.49. The summed E-state index contributed by atoms with van der Waals surface area (Å²) in [5, 5.41) is 0.775. The van der Waals surface area contributed by atoms with Gasteiger partial charge in [-0.2, -0.15) is 0 Å². The van der Waals surface area contributed by atoms with Crippen LogP contribution in [0.15, 0.2) is 51.2 Å². The Kier molecular flexibility index (Phi) is 3.28. The number of esters is 1. The number of carbonyl (C=O) groups is 1. The summed E-state index contributed by atoms with van der Waals surface area (Å²) in [6.07, 6.45) is 1.39. The minimum absolute atomic E-state index is 0.347. The van der Waals surface area contributed by atoms with Crippen LogP contribution in [-0.4, -0.2) is 5.97 Å². The molecule has 0 saturated heterocycles. The van der Waals surface area contributed by atoms with Crippen LogP contribution in [0.5, 0.6) is 5.75 Å². The second kappa shape index (κ2) is 4.87. The third kappa shape index (κ3) is 2.85. The Labute approximate surface area is 103 Å². The van der Waals surface area contributed by atoms with Crippen molar-refractivity contribution in [2.45, 2.75) is 13.8 Å². The molecule has 0 unspecified atom stereocenters. The van der Waals surface area contributed by atoms with Crippen LogP contribution in [0.2, 0.25) is 0 Å². The molecule has 4 heteroatoms. The first-order valence-corrected chi connectivity index (χ1v) is 5.45. The number of hydrogen-bond acceptors (Lipinski definition) is 4. The summed E-state index contributed by atoms with van der Waals surface area (Å²) >= 11 is 0. The molecule has 0 spiro atoms. The zero-order chi connectivity index (χ0) is 13.1. The molecule has 1 heterocycles. The van der Waals surface area contributed by atoms with Crippen LogP contribution in [0, 0.1) is 0 Å². The first-order valence-electron chi connectivity index (χ1n) is 5.45. The van der Waals surface area contributed by atoms with E-state index in [0.717, 1.165) is 11.0 Å². The van der Waals surface area contributed by atoms with Crippen LogP contribution in [0.25, 0.3) is 11.0 Å². The molecule has 0 radical (unpaired) electrons. The van der Waals surface area contributed by atoms with Gasteiger partial charge < -0.3 is 9.15 Å². The zero-order valence-electron chi connectivity index (χ0n) is 10.1. The van der Waals surface area contributed by atoms with Crippen molar-refractivity contribution in [1.29, 1.82) is 0 Å². The van der Waals surface area contributed by atoms with Gasteiger partial charge in [0.25, 0.3) is 0 Å². The van der Waals surface area contributed by atoms with Crippen molar-refractivity contribution in [1.82, 2.24) is 0 Å². The highest BCUT2D eigenvalue weighted by Gasteiger charge is 2.04. The van der Waals surface area contributed by atoms with E-state index in [1.807, 2.05) is 0 Å². The third-order valence-electron chi connectivity index (χ3n) is 2.22. The average molecular weight is 244 g/mol. The Morgan fingerprint density at radius 2 is 1.94 bits per heavy atom. The molecule has 2 rings (SSSR count). The minimum Gasteiger partial charge on any atom is -0.423 e. The van der Waals surface area contributed by atoms with Gasteiger partial charge in [0, 0.05) is 23.6 Å². The topological polar surface area (TPSA) is 56.5 Å². The molecule has 1 aromatic heterocycles. The molecule has 0 aliphatic rings. The number of fused-ring (bicyclic) bond motifs is 1. The summed E-state index contributed by atoms with van der Waals surface area (Å²) in [7, 11) is 0. The molecule has 0 fully saturated rings. The lowest BCUT2D eigenvalue weighted by Crippen LogP contribution is -2.04. The number of allylic oxidation sites excluding steroid dienone is 1.